The second-order valence-corrected chi connectivity index (χ2v) is 7.86. The van der Waals surface area contributed by atoms with E-state index in [1.165, 1.54) is 22.8 Å². The van der Waals surface area contributed by atoms with Crippen molar-refractivity contribution in [1.29, 1.82) is 0 Å². The first-order chi connectivity index (χ1) is 15.5. The summed E-state index contributed by atoms with van der Waals surface area (Å²) in [5, 5.41) is 15.6. The molecule has 0 aliphatic rings. The molecule has 4 aromatic rings. The van der Waals surface area contributed by atoms with Gasteiger partial charge in [-0.25, -0.2) is 9.78 Å². The third-order valence-corrected chi connectivity index (χ3v) is 5.19. The number of aromatic nitrogens is 1. The predicted octanol–water partition coefficient (Wildman–Crippen LogP) is 7.06. The highest BCUT2D eigenvalue weighted by atomic mass is 16.4. The molecule has 0 bridgehead atoms. The molecular weight excluding hydrogens is 398 g/mol. The van der Waals surface area contributed by atoms with Crippen LogP contribution in [0.15, 0.2) is 91.0 Å². The fraction of sp³-hybridized carbons (Fsp3) is 0.111. The third-order valence-electron chi connectivity index (χ3n) is 5.19. The summed E-state index contributed by atoms with van der Waals surface area (Å²) in [6.07, 6.45) is 0. The number of hydrogen-bond donors (Lipinski definition) is 3. The molecule has 0 amide bonds. The second kappa shape index (κ2) is 9.35. The lowest BCUT2D eigenvalue weighted by molar-refractivity contribution is 0.0690. The van der Waals surface area contributed by atoms with E-state index in [4.69, 9.17) is 5.11 Å². The van der Waals surface area contributed by atoms with Crippen LogP contribution < -0.4 is 10.6 Å². The van der Waals surface area contributed by atoms with E-state index >= 15 is 0 Å². The van der Waals surface area contributed by atoms with Gasteiger partial charge in [0, 0.05) is 17.1 Å². The molecule has 160 valence electrons. The van der Waals surface area contributed by atoms with E-state index in [2.05, 4.69) is 78.0 Å². The minimum absolute atomic E-state index is 0.00718. The molecule has 0 aliphatic heterocycles. The Morgan fingerprint density at radius 1 is 0.750 bits per heavy atom. The summed E-state index contributed by atoms with van der Waals surface area (Å²) in [4.78, 5) is 15.2. The number of pyridine rings is 1. The molecule has 4 rings (SSSR count). The Bertz CT molecular complexity index is 1220. The Balaban J connectivity index is 1.44. The molecule has 0 saturated heterocycles. The van der Waals surface area contributed by atoms with Crippen molar-refractivity contribution in [2.75, 3.05) is 10.6 Å². The van der Waals surface area contributed by atoms with Crippen molar-refractivity contribution in [3.63, 3.8) is 0 Å². The first kappa shape index (κ1) is 21.1. The van der Waals surface area contributed by atoms with Crippen LogP contribution in [0, 0.1) is 0 Å². The van der Waals surface area contributed by atoms with Crippen LogP contribution in [-0.2, 0) is 0 Å². The molecule has 3 N–H and O–H groups in total. The van der Waals surface area contributed by atoms with Crippen molar-refractivity contribution in [3.8, 4) is 11.1 Å². The summed E-state index contributed by atoms with van der Waals surface area (Å²) in [6.45, 7) is 4.43. The van der Waals surface area contributed by atoms with Crippen LogP contribution >= 0.6 is 0 Å². The van der Waals surface area contributed by atoms with E-state index in [0.717, 1.165) is 17.1 Å². The molecule has 0 aliphatic carbocycles. The van der Waals surface area contributed by atoms with Gasteiger partial charge in [-0.05, 0) is 71.1 Å². The van der Waals surface area contributed by atoms with Gasteiger partial charge in [0.15, 0.2) is 5.69 Å². The largest absolute Gasteiger partial charge is 0.477 e. The SMILES string of the molecule is CC(C)c1ccccc1-c1ccc(Nc2ccc(Nc3cccc(C(=O)O)n3)cc2)cc1. The molecule has 5 heteroatoms. The molecule has 0 radical (unpaired) electrons. The summed E-state index contributed by atoms with van der Waals surface area (Å²) >= 11 is 0. The van der Waals surface area contributed by atoms with E-state index in [1.807, 2.05) is 24.3 Å². The van der Waals surface area contributed by atoms with Gasteiger partial charge in [0.05, 0.1) is 0 Å². The maximum Gasteiger partial charge on any atom is 0.354 e. The van der Waals surface area contributed by atoms with Crippen LogP contribution in [0.25, 0.3) is 11.1 Å². The molecule has 1 heterocycles. The molecule has 32 heavy (non-hydrogen) atoms. The van der Waals surface area contributed by atoms with E-state index in [1.54, 1.807) is 12.1 Å². The van der Waals surface area contributed by atoms with Gasteiger partial charge in [0.25, 0.3) is 0 Å². The van der Waals surface area contributed by atoms with E-state index in [-0.39, 0.29) is 5.69 Å². The lowest BCUT2D eigenvalue weighted by atomic mass is 9.92. The Kier molecular flexibility index (Phi) is 6.17. The Morgan fingerprint density at radius 2 is 1.34 bits per heavy atom. The zero-order valence-corrected chi connectivity index (χ0v) is 18.0. The molecule has 0 atom stereocenters. The van der Waals surface area contributed by atoms with Gasteiger partial charge in [-0.3, -0.25) is 0 Å². The zero-order valence-electron chi connectivity index (χ0n) is 18.0. The number of carbonyl (C=O) groups is 1. The van der Waals surface area contributed by atoms with Crippen molar-refractivity contribution >= 4 is 28.8 Å². The van der Waals surface area contributed by atoms with Crippen molar-refractivity contribution in [3.05, 3.63) is 102 Å². The van der Waals surface area contributed by atoms with Crippen LogP contribution in [0.2, 0.25) is 0 Å². The summed E-state index contributed by atoms with van der Waals surface area (Å²) in [7, 11) is 0. The molecule has 3 aromatic carbocycles. The number of aromatic carboxylic acids is 1. The normalized spacial score (nSPS) is 10.7. The van der Waals surface area contributed by atoms with Crippen molar-refractivity contribution in [2.24, 2.45) is 0 Å². The van der Waals surface area contributed by atoms with Crippen LogP contribution in [-0.4, -0.2) is 16.1 Å². The first-order valence-electron chi connectivity index (χ1n) is 10.5. The van der Waals surface area contributed by atoms with Crippen LogP contribution in [0.4, 0.5) is 22.9 Å². The lowest BCUT2D eigenvalue weighted by Gasteiger charge is -2.14. The monoisotopic (exact) mass is 423 g/mol. The van der Waals surface area contributed by atoms with Crippen LogP contribution in [0.1, 0.15) is 35.8 Å². The Labute approximate surface area is 187 Å². The molecule has 0 fully saturated rings. The third kappa shape index (κ3) is 4.95. The fourth-order valence-electron chi connectivity index (χ4n) is 3.57. The Hall–Kier alpha value is -4.12. The van der Waals surface area contributed by atoms with Crippen molar-refractivity contribution in [2.45, 2.75) is 19.8 Å². The number of benzene rings is 3. The number of rotatable bonds is 7. The maximum atomic E-state index is 11.1. The highest BCUT2D eigenvalue weighted by molar-refractivity contribution is 5.86. The van der Waals surface area contributed by atoms with Gasteiger partial charge in [-0.1, -0.05) is 56.3 Å². The molecule has 5 nitrogen and oxygen atoms in total. The molecule has 0 unspecified atom stereocenters. The average molecular weight is 424 g/mol. The molecule has 0 saturated carbocycles. The van der Waals surface area contributed by atoms with Gasteiger partial charge in [0.1, 0.15) is 5.82 Å². The zero-order chi connectivity index (χ0) is 22.5. The van der Waals surface area contributed by atoms with Crippen molar-refractivity contribution in [1.82, 2.24) is 4.98 Å². The van der Waals surface area contributed by atoms with E-state index in [0.29, 0.717) is 11.7 Å². The smallest absolute Gasteiger partial charge is 0.354 e. The van der Waals surface area contributed by atoms with E-state index in [9.17, 15) is 4.79 Å². The Morgan fingerprint density at radius 3 is 1.97 bits per heavy atom. The number of hydrogen-bond acceptors (Lipinski definition) is 4. The fourth-order valence-corrected chi connectivity index (χ4v) is 3.57. The summed E-state index contributed by atoms with van der Waals surface area (Å²) < 4.78 is 0. The maximum absolute atomic E-state index is 11.1. The highest BCUT2D eigenvalue weighted by Crippen LogP contribution is 2.30. The second-order valence-electron chi connectivity index (χ2n) is 7.86. The quantitative estimate of drug-likeness (QED) is 0.297. The van der Waals surface area contributed by atoms with Crippen LogP contribution in [0.5, 0.6) is 0 Å². The first-order valence-corrected chi connectivity index (χ1v) is 10.5. The van der Waals surface area contributed by atoms with Gasteiger partial charge < -0.3 is 15.7 Å². The topological polar surface area (TPSA) is 74.2 Å². The molecular formula is C27H25N3O2. The summed E-state index contributed by atoms with van der Waals surface area (Å²) in [5.41, 5.74) is 6.62. The van der Waals surface area contributed by atoms with Crippen molar-refractivity contribution < 1.29 is 9.90 Å². The standard InChI is InChI=1S/C27H25N3O2/c1-18(2)23-6-3-4-7-24(23)19-10-12-20(13-11-19)28-21-14-16-22(17-15-21)29-26-9-5-8-25(30-26)27(31)32/h3-18,28H,1-2H3,(H,29,30)(H,31,32). The number of carboxylic acid groups (broad SMARTS) is 1. The predicted molar refractivity (Wildman–Crippen MR) is 130 cm³/mol. The molecule has 0 spiro atoms. The number of nitrogens with zero attached hydrogens (tertiary/aromatic N) is 1. The van der Waals surface area contributed by atoms with Gasteiger partial charge in [-0.2, -0.15) is 0 Å². The number of carboxylic acids is 1. The van der Waals surface area contributed by atoms with Crippen LogP contribution in [0.3, 0.4) is 0 Å². The minimum Gasteiger partial charge on any atom is -0.477 e. The molecule has 1 aromatic heterocycles. The average Bonchev–Trinajstić information content (AvgIpc) is 2.81. The van der Waals surface area contributed by atoms with Gasteiger partial charge >= 0.3 is 5.97 Å². The summed E-state index contributed by atoms with van der Waals surface area (Å²) in [5.74, 6) is -0.0901. The number of nitrogens with one attached hydrogen (secondary N) is 2. The van der Waals surface area contributed by atoms with E-state index < -0.39 is 5.97 Å². The van der Waals surface area contributed by atoms with Gasteiger partial charge in [0.2, 0.25) is 0 Å². The lowest BCUT2D eigenvalue weighted by Crippen LogP contribution is -2.02. The number of anilines is 4. The van der Waals surface area contributed by atoms with Gasteiger partial charge in [-0.15, -0.1) is 0 Å². The highest BCUT2D eigenvalue weighted by Gasteiger charge is 2.08. The summed E-state index contributed by atoms with van der Waals surface area (Å²) in [6, 6.07) is 29.6. The minimum atomic E-state index is -1.05.